The van der Waals surface area contributed by atoms with Crippen molar-refractivity contribution in [1.82, 2.24) is 0 Å². The lowest BCUT2D eigenvalue weighted by molar-refractivity contribution is -0.144. The molecule has 13 heavy (non-hydrogen) atoms. The summed E-state index contributed by atoms with van der Waals surface area (Å²) in [5, 5.41) is 0. The first kappa shape index (κ1) is 10.0. The summed E-state index contributed by atoms with van der Waals surface area (Å²) in [7, 11) is 0. The molecule has 1 rings (SSSR count). The monoisotopic (exact) mass is 186 g/mol. The van der Waals surface area contributed by atoms with Crippen LogP contribution in [0, 0.1) is 5.92 Å². The van der Waals surface area contributed by atoms with E-state index in [1.165, 1.54) is 0 Å². The molecule has 0 aromatic rings. The summed E-state index contributed by atoms with van der Waals surface area (Å²) < 4.78 is 9.51. The molecule has 1 atom stereocenters. The number of esters is 2. The minimum atomic E-state index is -0.234. The van der Waals surface area contributed by atoms with E-state index in [0.29, 0.717) is 26.1 Å². The summed E-state index contributed by atoms with van der Waals surface area (Å²) in [6.45, 7) is 2.65. The van der Waals surface area contributed by atoms with Crippen molar-refractivity contribution in [3.05, 3.63) is 0 Å². The summed E-state index contributed by atoms with van der Waals surface area (Å²) in [5.41, 5.74) is 0. The minimum absolute atomic E-state index is 0.0931. The van der Waals surface area contributed by atoms with Gasteiger partial charge in [0.1, 0.15) is 0 Å². The summed E-state index contributed by atoms with van der Waals surface area (Å²) in [6.07, 6.45) is 1.60. The van der Waals surface area contributed by atoms with E-state index in [1.807, 2.05) is 0 Å². The van der Waals surface area contributed by atoms with E-state index in [1.54, 1.807) is 6.92 Å². The Hall–Kier alpha value is -1.06. The molecule has 1 unspecified atom stereocenters. The van der Waals surface area contributed by atoms with E-state index < -0.39 is 0 Å². The largest absolute Gasteiger partial charge is 0.466 e. The van der Waals surface area contributed by atoms with Crippen LogP contribution in [0.3, 0.4) is 0 Å². The van der Waals surface area contributed by atoms with E-state index in [4.69, 9.17) is 9.47 Å². The van der Waals surface area contributed by atoms with Gasteiger partial charge >= 0.3 is 11.9 Å². The minimum Gasteiger partial charge on any atom is -0.466 e. The number of carbonyl (C=O) groups excluding carboxylic acids is 2. The average molecular weight is 186 g/mol. The Kier molecular flexibility index (Phi) is 3.73. The van der Waals surface area contributed by atoms with E-state index in [-0.39, 0.29) is 17.9 Å². The van der Waals surface area contributed by atoms with Crippen molar-refractivity contribution < 1.29 is 19.1 Å². The zero-order valence-corrected chi connectivity index (χ0v) is 7.75. The Morgan fingerprint density at radius 2 is 2.46 bits per heavy atom. The number of rotatable bonds is 4. The lowest BCUT2D eigenvalue weighted by Crippen LogP contribution is -2.11. The van der Waals surface area contributed by atoms with Gasteiger partial charge in [0, 0.05) is 6.42 Å². The maximum atomic E-state index is 11.0. The third kappa shape index (κ3) is 3.05. The maximum absolute atomic E-state index is 11.0. The fourth-order valence-corrected chi connectivity index (χ4v) is 1.32. The highest BCUT2D eigenvalue weighted by atomic mass is 16.5. The van der Waals surface area contributed by atoms with Crippen LogP contribution in [-0.2, 0) is 19.1 Å². The van der Waals surface area contributed by atoms with Gasteiger partial charge in [-0.3, -0.25) is 9.59 Å². The molecule has 4 heteroatoms. The molecule has 1 heterocycles. The van der Waals surface area contributed by atoms with Gasteiger partial charge in [0.25, 0.3) is 0 Å². The molecule has 1 fully saturated rings. The molecule has 0 amide bonds. The van der Waals surface area contributed by atoms with Crippen molar-refractivity contribution in [3.63, 3.8) is 0 Å². The molecule has 0 aromatic carbocycles. The number of hydrogen-bond donors (Lipinski definition) is 0. The summed E-state index contributed by atoms with van der Waals surface area (Å²) in [5.74, 6) is -0.504. The zero-order valence-electron chi connectivity index (χ0n) is 7.75. The second-order valence-corrected chi connectivity index (χ2v) is 3.00. The molecule has 0 aliphatic carbocycles. The average Bonchev–Trinajstić information content (AvgIpc) is 2.48. The van der Waals surface area contributed by atoms with Crippen LogP contribution < -0.4 is 0 Å². The van der Waals surface area contributed by atoms with E-state index >= 15 is 0 Å². The van der Waals surface area contributed by atoms with Crippen molar-refractivity contribution in [2.75, 3.05) is 13.2 Å². The number of ether oxygens (including phenoxy) is 2. The molecule has 0 aromatic heterocycles. The molecule has 74 valence electrons. The summed E-state index contributed by atoms with van der Waals surface area (Å²) in [6, 6.07) is 0. The highest BCUT2D eigenvalue weighted by Crippen LogP contribution is 2.19. The summed E-state index contributed by atoms with van der Waals surface area (Å²) >= 11 is 0. The molecular formula is C9H14O4. The lowest BCUT2D eigenvalue weighted by Gasteiger charge is -2.04. The fourth-order valence-electron chi connectivity index (χ4n) is 1.32. The Labute approximate surface area is 77.2 Å². The van der Waals surface area contributed by atoms with E-state index in [9.17, 15) is 9.59 Å². The highest BCUT2D eigenvalue weighted by molar-refractivity contribution is 5.75. The first-order chi connectivity index (χ1) is 6.24. The standard InChI is InChI=1S/C9H14O4/c1-2-12-8(10)4-3-7-5-6-13-9(7)11/h7H,2-6H2,1H3. The predicted molar refractivity (Wildman–Crippen MR) is 44.9 cm³/mol. The van der Waals surface area contributed by atoms with Crippen molar-refractivity contribution >= 4 is 11.9 Å². The van der Waals surface area contributed by atoms with Gasteiger partial charge in [-0.25, -0.2) is 0 Å². The Morgan fingerprint density at radius 1 is 1.69 bits per heavy atom. The van der Waals surface area contributed by atoms with Gasteiger partial charge in [-0.05, 0) is 19.8 Å². The van der Waals surface area contributed by atoms with Gasteiger partial charge in [-0.1, -0.05) is 0 Å². The molecule has 1 aliphatic rings. The first-order valence-corrected chi connectivity index (χ1v) is 4.56. The zero-order chi connectivity index (χ0) is 9.68. The first-order valence-electron chi connectivity index (χ1n) is 4.56. The predicted octanol–water partition coefficient (Wildman–Crippen LogP) is 0.893. The van der Waals surface area contributed by atoms with Gasteiger partial charge in [0.15, 0.2) is 0 Å². The van der Waals surface area contributed by atoms with Crippen LogP contribution in [-0.4, -0.2) is 25.2 Å². The normalized spacial score (nSPS) is 21.3. The molecule has 0 bridgehead atoms. The van der Waals surface area contributed by atoms with Crippen molar-refractivity contribution in [3.8, 4) is 0 Å². The number of cyclic esters (lactones) is 1. The van der Waals surface area contributed by atoms with Gasteiger partial charge in [0.05, 0.1) is 19.1 Å². The summed E-state index contributed by atoms with van der Waals surface area (Å²) in [4.78, 5) is 21.9. The molecular weight excluding hydrogens is 172 g/mol. The third-order valence-electron chi connectivity index (χ3n) is 2.05. The van der Waals surface area contributed by atoms with Crippen LogP contribution in [0.15, 0.2) is 0 Å². The molecule has 1 saturated heterocycles. The van der Waals surface area contributed by atoms with Crippen molar-refractivity contribution in [2.45, 2.75) is 26.2 Å². The van der Waals surface area contributed by atoms with Crippen LogP contribution in [0.25, 0.3) is 0 Å². The second-order valence-electron chi connectivity index (χ2n) is 3.00. The third-order valence-corrected chi connectivity index (χ3v) is 2.05. The fraction of sp³-hybridized carbons (Fsp3) is 0.778. The van der Waals surface area contributed by atoms with Crippen molar-refractivity contribution in [1.29, 1.82) is 0 Å². The quantitative estimate of drug-likeness (QED) is 0.612. The second kappa shape index (κ2) is 4.84. The van der Waals surface area contributed by atoms with E-state index in [2.05, 4.69) is 0 Å². The van der Waals surface area contributed by atoms with Crippen LogP contribution >= 0.6 is 0 Å². The SMILES string of the molecule is CCOC(=O)CCC1CCOC1=O. The Bertz CT molecular complexity index is 200. The van der Waals surface area contributed by atoms with Crippen LogP contribution in [0.1, 0.15) is 26.2 Å². The van der Waals surface area contributed by atoms with Gasteiger partial charge in [-0.2, -0.15) is 0 Å². The Balaban J connectivity index is 2.18. The maximum Gasteiger partial charge on any atom is 0.309 e. The van der Waals surface area contributed by atoms with Crippen LogP contribution in [0.4, 0.5) is 0 Å². The van der Waals surface area contributed by atoms with E-state index in [0.717, 1.165) is 6.42 Å². The van der Waals surface area contributed by atoms with Crippen LogP contribution in [0.5, 0.6) is 0 Å². The molecule has 4 nitrogen and oxygen atoms in total. The van der Waals surface area contributed by atoms with Crippen molar-refractivity contribution in [2.24, 2.45) is 5.92 Å². The van der Waals surface area contributed by atoms with Gasteiger partial charge < -0.3 is 9.47 Å². The molecule has 0 N–H and O–H groups in total. The Morgan fingerprint density at radius 3 is 3.00 bits per heavy atom. The van der Waals surface area contributed by atoms with Gasteiger partial charge in [0.2, 0.25) is 0 Å². The molecule has 0 saturated carbocycles. The highest BCUT2D eigenvalue weighted by Gasteiger charge is 2.26. The van der Waals surface area contributed by atoms with Crippen LogP contribution in [0.2, 0.25) is 0 Å². The number of carbonyl (C=O) groups is 2. The molecule has 0 radical (unpaired) electrons. The van der Waals surface area contributed by atoms with Gasteiger partial charge in [-0.15, -0.1) is 0 Å². The number of hydrogen-bond acceptors (Lipinski definition) is 4. The molecule has 1 aliphatic heterocycles. The molecule has 0 spiro atoms. The topological polar surface area (TPSA) is 52.6 Å². The lowest BCUT2D eigenvalue weighted by atomic mass is 10.0. The smallest absolute Gasteiger partial charge is 0.309 e.